The predicted octanol–water partition coefficient (Wildman–Crippen LogP) is 3.20. The van der Waals surface area contributed by atoms with Gasteiger partial charge in [-0.1, -0.05) is 29.8 Å². The van der Waals surface area contributed by atoms with E-state index < -0.39 is 0 Å². The molecule has 5 rings (SSSR count). The molecular weight excluding hydrogens is 454 g/mol. The lowest BCUT2D eigenvalue weighted by molar-refractivity contribution is -0.133. The van der Waals surface area contributed by atoms with Crippen molar-refractivity contribution in [3.63, 3.8) is 0 Å². The van der Waals surface area contributed by atoms with Crippen LogP contribution in [0.4, 0.5) is 17.5 Å². The molecule has 0 radical (unpaired) electrons. The molecule has 184 valence electrons. The van der Waals surface area contributed by atoms with Crippen LogP contribution in [0.5, 0.6) is 5.75 Å². The van der Waals surface area contributed by atoms with E-state index in [0.29, 0.717) is 48.8 Å². The van der Waals surface area contributed by atoms with Gasteiger partial charge in [0.15, 0.2) is 12.4 Å². The summed E-state index contributed by atoms with van der Waals surface area (Å²) in [6.45, 7) is 6.30. The number of carbonyl (C=O) groups excluding carboxylic acids is 1. The van der Waals surface area contributed by atoms with Gasteiger partial charge in [0, 0.05) is 37.4 Å². The minimum atomic E-state index is -0.0420. The third-order valence-corrected chi connectivity index (χ3v) is 6.43. The molecule has 36 heavy (non-hydrogen) atoms. The number of piperazine rings is 1. The number of nitrogens with zero attached hydrogens (tertiary/aromatic N) is 5. The molecule has 0 unspecified atom stereocenters. The molecule has 4 N–H and O–H groups in total. The van der Waals surface area contributed by atoms with Crippen molar-refractivity contribution >= 4 is 34.4 Å². The van der Waals surface area contributed by atoms with E-state index in [1.54, 1.807) is 0 Å². The number of aromatic nitrogens is 3. The van der Waals surface area contributed by atoms with Crippen LogP contribution in [0.25, 0.3) is 22.3 Å². The first-order valence-electron chi connectivity index (χ1n) is 11.9. The molecule has 4 aromatic rings. The highest BCUT2D eigenvalue weighted by Gasteiger charge is 2.24. The van der Waals surface area contributed by atoms with E-state index in [4.69, 9.17) is 21.2 Å². The van der Waals surface area contributed by atoms with E-state index in [2.05, 4.69) is 14.9 Å². The normalized spacial score (nSPS) is 13.7. The van der Waals surface area contributed by atoms with Crippen molar-refractivity contribution in [2.75, 3.05) is 49.2 Å². The largest absolute Gasteiger partial charge is 0.484 e. The number of pyridine rings is 1. The highest BCUT2D eigenvalue weighted by atomic mass is 16.5. The topological polar surface area (TPSA) is 123 Å². The van der Waals surface area contributed by atoms with Crippen molar-refractivity contribution in [3.05, 3.63) is 65.7 Å². The van der Waals surface area contributed by atoms with Crippen LogP contribution in [-0.4, -0.2) is 58.5 Å². The van der Waals surface area contributed by atoms with Gasteiger partial charge in [0.05, 0.1) is 11.2 Å². The lowest BCUT2D eigenvalue weighted by Crippen LogP contribution is -2.50. The Balaban J connectivity index is 1.32. The van der Waals surface area contributed by atoms with Gasteiger partial charge < -0.3 is 26.0 Å². The molecule has 2 aromatic carbocycles. The number of rotatable bonds is 5. The summed E-state index contributed by atoms with van der Waals surface area (Å²) in [5.41, 5.74) is 18.1. The molecule has 2 aromatic heterocycles. The van der Waals surface area contributed by atoms with Crippen LogP contribution >= 0.6 is 0 Å². The monoisotopic (exact) mass is 483 g/mol. The summed E-state index contributed by atoms with van der Waals surface area (Å²) >= 11 is 0. The minimum Gasteiger partial charge on any atom is -0.484 e. The first kappa shape index (κ1) is 23.3. The number of anilines is 3. The number of aryl methyl sites for hydroxylation is 2. The molecule has 1 aliphatic rings. The molecule has 9 nitrogen and oxygen atoms in total. The number of ether oxygens (including phenoxy) is 1. The molecule has 1 fully saturated rings. The number of nitrogens with two attached hydrogens (primary N) is 2. The number of amides is 1. The zero-order valence-electron chi connectivity index (χ0n) is 20.4. The molecule has 0 aliphatic carbocycles. The zero-order valence-corrected chi connectivity index (χ0v) is 20.4. The Kier molecular flexibility index (Phi) is 6.28. The third kappa shape index (κ3) is 4.86. The number of carbonyl (C=O) groups is 1. The standard InChI is InChI=1S/C27H29N7O2/c1-17-3-7-20(8-4-17)36-16-24(35)33-11-13-34(14-12-33)26-25-23(31-27(29)32-26)10-9-22(30-25)19-6-5-18(2)21(28)15-19/h3-10,15H,11-14,16,28H2,1-2H3,(H2,29,31,32). The van der Waals surface area contributed by atoms with Crippen LogP contribution in [0.2, 0.25) is 0 Å². The Morgan fingerprint density at radius 3 is 2.39 bits per heavy atom. The van der Waals surface area contributed by atoms with Crippen molar-refractivity contribution in [2.24, 2.45) is 0 Å². The molecule has 3 heterocycles. The van der Waals surface area contributed by atoms with Crippen LogP contribution in [0.15, 0.2) is 54.6 Å². The Morgan fingerprint density at radius 2 is 1.67 bits per heavy atom. The molecule has 0 spiro atoms. The summed E-state index contributed by atoms with van der Waals surface area (Å²) in [6, 6.07) is 17.4. The molecule has 0 bridgehead atoms. The second kappa shape index (κ2) is 9.69. The average Bonchev–Trinajstić information content (AvgIpc) is 2.89. The maximum Gasteiger partial charge on any atom is 0.260 e. The Morgan fingerprint density at radius 1 is 0.917 bits per heavy atom. The first-order chi connectivity index (χ1) is 17.4. The van der Waals surface area contributed by atoms with Gasteiger partial charge in [-0.2, -0.15) is 4.98 Å². The van der Waals surface area contributed by atoms with Crippen molar-refractivity contribution in [2.45, 2.75) is 13.8 Å². The van der Waals surface area contributed by atoms with Gasteiger partial charge in [-0.05, 0) is 49.7 Å². The van der Waals surface area contributed by atoms with Gasteiger partial charge in [-0.25, -0.2) is 9.97 Å². The Hall–Kier alpha value is -4.40. The highest BCUT2D eigenvalue weighted by Crippen LogP contribution is 2.29. The van der Waals surface area contributed by atoms with Crippen LogP contribution in [0, 0.1) is 13.8 Å². The third-order valence-electron chi connectivity index (χ3n) is 6.43. The van der Waals surface area contributed by atoms with Gasteiger partial charge in [0.1, 0.15) is 11.3 Å². The van der Waals surface area contributed by atoms with Gasteiger partial charge in [-0.3, -0.25) is 4.79 Å². The van der Waals surface area contributed by atoms with Crippen LogP contribution < -0.4 is 21.1 Å². The molecular formula is C27H29N7O2. The Labute approximate surface area is 209 Å². The SMILES string of the molecule is Cc1ccc(OCC(=O)N2CCN(c3nc(N)nc4ccc(-c5ccc(C)c(N)c5)nc34)CC2)cc1. The second-order valence-electron chi connectivity index (χ2n) is 9.01. The summed E-state index contributed by atoms with van der Waals surface area (Å²) < 4.78 is 5.67. The fourth-order valence-electron chi connectivity index (χ4n) is 4.24. The van der Waals surface area contributed by atoms with Crippen molar-refractivity contribution in [1.82, 2.24) is 19.9 Å². The summed E-state index contributed by atoms with van der Waals surface area (Å²) in [4.78, 5) is 30.4. The number of hydrogen-bond acceptors (Lipinski definition) is 8. The number of hydrogen-bond donors (Lipinski definition) is 2. The van der Waals surface area contributed by atoms with Crippen molar-refractivity contribution in [3.8, 4) is 17.0 Å². The van der Waals surface area contributed by atoms with E-state index >= 15 is 0 Å². The van der Waals surface area contributed by atoms with Crippen LogP contribution in [0.1, 0.15) is 11.1 Å². The van der Waals surface area contributed by atoms with E-state index in [9.17, 15) is 4.79 Å². The number of fused-ring (bicyclic) bond motifs is 1. The minimum absolute atomic E-state index is 0.0110. The number of nitrogen functional groups attached to an aromatic ring is 2. The zero-order chi connectivity index (χ0) is 25.2. The highest BCUT2D eigenvalue weighted by molar-refractivity contribution is 5.89. The summed E-state index contributed by atoms with van der Waals surface area (Å²) in [5.74, 6) is 1.51. The Bertz CT molecular complexity index is 1410. The fraction of sp³-hybridized carbons (Fsp3) is 0.259. The summed E-state index contributed by atoms with van der Waals surface area (Å²) in [5, 5.41) is 0. The molecule has 9 heteroatoms. The van der Waals surface area contributed by atoms with E-state index in [1.165, 1.54) is 0 Å². The average molecular weight is 484 g/mol. The fourth-order valence-corrected chi connectivity index (χ4v) is 4.24. The summed E-state index contributed by atoms with van der Waals surface area (Å²) in [7, 11) is 0. The summed E-state index contributed by atoms with van der Waals surface area (Å²) in [6.07, 6.45) is 0. The molecule has 0 atom stereocenters. The second-order valence-corrected chi connectivity index (χ2v) is 9.01. The quantitative estimate of drug-likeness (QED) is 0.415. The maximum atomic E-state index is 12.7. The first-order valence-corrected chi connectivity index (χ1v) is 11.9. The molecule has 1 amide bonds. The van der Waals surface area contributed by atoms with Gasteiger partial charge >= 0.3 is 0 Å². The molecule has 0 saturated carbocycles. The molecule has 1 aliphatic heterocycles. The smallest absolute Gasteiger partial charge is 0.260 e. The lowest BCUT2D eigenvalue weighted by Gasteiger charge is -2.35. The van der Waals surface area contributed by atoms with Gasteiger partial charge in [0.2, 0.25) is 5.95 Å². The maximum absolute atomic E-state index is 12.7. The van der Waals surface area contributed by atoms with E-state index in [-0.39, 0.29) is 18.5 Å². The van der Waals surface area contributed by atoms with E-state index in [1.807, 2.05) is 73.3 Å². The van der Waals surface area contributed by atoms with E-state index in [0.717, 1.165) is 28.1 Å². The van der Waals surface area contributed by atoms with Crippen LogP contribution in [-0.2, 0) is 4.79 Å². The number of benzene rings is 2. The van der Waals surface area contributed by atoms with Crippen molar-refractivity contribution < 1.29 is 9.53 Å². The van der Waals surface area contributed by atoms with Gasteiger partial charge in [0.25, 0.3) is 5.91 Å². The predicted molar refractivity (Wildman–Crippen MR) is 142 cm³/mol. The van der Waals surface area contributed by atoms with Crippen LogP contribution in [0.3, 0.4) is 0 Å². The lowest BCUT2D eigenvalue weighted by atomic mass is 10.1. The van der Waals surface area contributed by atoms with Crippen molar-refractivity contribution in [1.29, 1.82) is 0 Å². The van der Waals surface area contributed by atoms with Gasteiger partial charge in [-0.15, -0.1) is 0 Å². The molecule has 1 saturated heterocycles.